The van der Waals surface area contributed by atoms with Crippen molar-refractivity contribution in [2.24, 2.45) is 0 Å². The third-order valence-corrected chi connectivity index (χ3v) is 9.71. The van der Waals surface area contributed by atoms with Gasteiger partial charge in [-0.3, -0.25) is 0 Å². The zero-order valence-electron chi connectivity index (χ0n) is 23.1. The number of para-hydroxylation sites is 1. The van der Waals surface area contributed by atoms with Gasteiger partial charge in [0.15, 0.2) is 11.4 Å². The van der Waals surface area contributed by atoms with E-state index in [9.17, 15) is 0 Å². The molecule has 0 radical (unpaired) electrons. The van der Waals surface area contributed by atoms with Crippen molar-refractivity contribution in [1.82, 2.24) is 0 Å². The van der Waals surface area contributed by atoms with Crippen molar-refractivity contribution in [3.63, 3.8) is 0 Å². The Morgan fingerprint density at radius 2 is 1.07 bits per heavy atom. The van der Waals surface area contributed by atoms with Gasteiger partial charge in [-0.2, -0.15) is 4.57 Å². The minimum Gasteiger partial charge on any atom is -0.160 e. The Morgan fingerprint density at radius 3 is 1.86 bits per heavy atom. The maximum atomic E-state index is 2.54. The Balaban J connectivity index is 1.31. The second-order valence-electron chi connectivity index (χ2n) is 11.9. The third-order valence-electron chi connectivity index (χ3n) is 9.71. The predicted octanol–water partition coefficient (Wildman–Crippen LogP) is 9.72. The topological polar surface area (TPSA) is 3.88 Å². The van der Waals surface area contributed by atoms with Crippen LogP contribution in [0.25, 0.3) is 71.0 Å². The first-order valence-corrected chi connectivity index (χ1v) is 14.9. The van der Waals surface area contributed by atoms with E-state index in [1.165, 1.54) is 93.5 Å². The number of hydrogen-bond donors (Lipinski definition) is 0. The van der Waals surface area contributed by atoms with Gasteiger partial charge in [0.1, 0.15) is 0 Å². The summed E-state index contributed by atoms with van der Waals surface area (Å²) < 4.78 is 2.54. The highest BCUT2D eigenvalue weighted by molar-refractivity contribution is 6.26. The molecule has 0 N–H and O–H groups in total. The molecule has 0 saturated carbocycles. The average Bonchev–Trinajstić information content (AvgIpc) is 3.61. The standard InChI is InChI=1S/C41H26N/c1-3-11-30-25(9-1)21-28-24-39-36(20-18-29-22-26-10-2-8-16-38(26)42(29)39)41(28)40(30)27-17-19-35-33-14-5-4-12-31(33)32-13-6-7-15-34(32)37(35)23-27/h1-21,23H,22,24H2/q+1. The van der Waals surface area contributed by atoms with E-state index in [1.54, 1.807) is 0 Å². The number of hydrogen-bond acceptors (Lipinski definition) is 0. The molecule has 194 valence electrons. The highest BCUT2D eigenvalue weighted by atomic mass is 15.0. The number of aromatic nitrogens is 1. The molecule has 1 aliphatic heterocycles. The summed E-state index contributed by atoms with van der Waals surface area (Å²) in [6.45, 7) is 0. The van der Waals surface area contributed by atoms with Gasteiger partial charge in [-0.25, -0.2) is 0 Å². The lowest BCUT2D eigenvalue weighted by molar-refractivity contribution is -0.604. The molecule has 2 aliphatic rings. The SMILES string of the molecule is c1ccc2c(c1)Cc1ccc3c([n+]1-2)Cc1cc2ccccc2c(-c2ccc4c5ccccc5c5ccccc5c4c2)c1-3. The summed E-state index contributed by atoms with van der Waals surface area (Å²) >= 11 is 0. The summed E-state index contributed by atoms with van der Waals surface area (Å²) in [5.74, 6) is 0. The van der Waals surface area contributed by atoms with Gasteiger partial charge in [0.05, 0.1) is 18.4 Å². The fourth-order valence-electron chi connectivity index (χ4n) is 7.95. The Bertz CT molecular complexity index is 2430. The molecule has 8 aromatic rings. The average molecular weight is 533 g/mol. The van der Waals surface area contributed by atoms with Crippen LogP contribution in [0.4, 0.5) is 0 Å². The summed E-state index contributed by atoms with van der Waals surface area (Å²) in [4.78, 5) is 0. The van der Waals surface area contributed by atoms with Crippen LogP contribution in [-0.2, 0) is 12.8 Å². The fourth-order valence-corrected chi connectivity index (χ4v) is 7.95. The van der Waals surface area contributed by atoms with Crippen molar-refractivity contribution in [2.45, 2.75) is 12.8 Å². The maximum absolute atomic E-state index is 2.54. The molecule has 7 aromatic carbocycles. The molecule has 2 heterocycles. The van der Waals surface area contributed by atoms with Crippen LogP contribution < -0.4 is 4.57 Å². The molecule has 0 bridgehead atoms. The van der Waals surface area contributed by atoms with Gasteiger partial charge in [-0.05, 0) is 78.0 Å². The van der Waals surface area contributed by atoms with E-state index >= 15 is 0 Å². The van der Waals surface area contributed by atoms with E-state index in [4.69, 9.17) is 0 Å². The molecule has 1 heteroatoms. The van der Waals surface area contributed by atoms with Crippen molar-refractivity contribution in [1.29, 1.82) is 0 Å². The predicted molar refractivity (Wildman–Crippen MR) is 174 cm³/mol. The van der Waals surface area contributed by atoms with Gasteiger partial charge >= 0.3 is 0 Å². The minimum absolute atomic E-state index is 0.950. The third kappa shape index (κ3) is 2.90. The van der Waals surface area contributed by atoms with Crippen LogP contribution in [0.1, 0.15) is 22.5 Å². The number of benzene rings is 7. The number of pyridine rings is 1. The smallest absolute Gasteiger partial charge is 0.160 e. The molecule has 0 unspecified atom stereocenters. The molecule has 0 amide bonds. The van der Waals surface area contributed by atoms with Crippen LogP contribution in [0.5, 0.6) is 0 Å². The number of rotatable bonds is 1. The molecule has 0 spiro atoms. The van der Waals surface area contributed by atoms with Crippen LogP contribution in [-0.4, -0.2) is 0 Å². The Morgan fingerprint density at radius 1 is 0.429 bits per heavy atom. The summed E-state index contributed by atoms with van der Waals surface area (Å²) in [5, 5.41) is 10.5. The molecule has 0 atom stereocenters. The first-order chi connectivity index (χ1) is 20.8. The van der Waals surface area contributed by atoms with E-state index in [2.05, 4.69) is 138 Å². The van der Waals surface area contributed by atoms with Gasteiger partial charge in [-0.1, -0.05) is 103 Å². The van der Waals surface area contributed by atoms with Crippen LogP contribution >= 0.6 is 0 Å². The van der Waals surface area contributed by atoms with Crippen LogP contribution in [0.15, 0.2) is 133 Å². The van der Waals surface area contributed by atoms with Gasteiger partial charge < -0.3 is 0 Å². The molecule has 1 aromatic heterocycles. The zero-order valence-corrected chi connectivity index (χ0v) is 23.1. The van der Waals surface area contributed by atoms with Gasteiger partial charge in [0.25, 0.3) is 0 Å². The highest BCUT2D eigenvalue weighted by Crippen LogP contribution is 2.48. The fraction of sp³-hybridized carbons (Fsp3) is 0.0488. The molecule has 0 saturated heterocycles. The summed E-state index contributed by atoms with van der Waals surface area (Å²) in [6, 6.07) is 49.9. The van der Waals surface area contributed by atoms with Crippen molar-refractivity contribution in [2.75, 3.05) is 0 Å². The van der Waals surface area contributed by atoms with Crippen LogP contribution in [0, 0.1) is 0 Å². The molecular formula is C41H26N+. The summed E-state index contributed by atoms with van der Waals surface area (Å²) in [7, 11) is 0. The zero-order chi connectivity index (χ0) is 27.4. The molecule has 1 aliphatic carbocycles. The lowest BCUT2D eigenvalue weighted by atomic mass is 9.87. The quantitative estimate of drug-likeness (QED) is 0.146. The second-order valence-corrected chi connectivity index (χ2v) is 11.9. The second kappa shape index (κ2) is 8.15. The molecule has 1 nitrogen and oxygen atoms in total. The normalized spacial score (nSPS) is 13.0. The first-order valence-electron chi connectivity index (χ1n) is 14.9. The van der Waals surface area contributed by atoms with E-state index in [1.807, 2.05) is 0 Å². The van der Waals surface area contributed by atoms with Crippen LogP contribution in [0.2, 0.25) is 0 Å². The Kier molecular flexibility index (Phi) is 4.35. The Hall–Kier alpha value is -5.27. The minimum atomic E-state index is 0.950. The van der Waals surface area contributed by atoms with Crippen molar-refractivity contribution >= 4 is 43.1 Å². The number of fused-ring (bicyclic) bond motifs is 14. The van der Waals surface area contributed by atoms with Gasteiger partial charge in [0.2, 0.25) is 5.69 Å². The van der Waals surface area contributed by atoms with E-state index in [0.29, 0.717) is 0 Å². The monoisotopic (exact) mass is 532 g/mol. The van der Waals surface area contributed by atoms with Crippen molar-refractivity contribution in [3.8, 4) is 27.9 Å². The molecular weight excluding hydrogens is 506 g/mol. The first kappa shape index (κ1) is 22.4. The van der Waals surface area contributed by atoms with E-state index in [-0.39, 0.29) is 0 Å². The molecule has 10 rings (SSSR count). The maximum Gasteiger partial charge on any atom is 0.214 e. The highest BCUT2D eigenvalue weighted by Gasteiger charge is 2.37. The van der Waals surface area contributed by atoms with Crippen LogP contribution in [0.3, 0.4) is 0 Å². The van der Waals surface area contributed by atoms with Gasteiger partial charge in [0, 0.05) is 23.3 Å². The summed E-state index contributed by atoms with van der Waals surface area (Å²) in [6.07, 6.45) is 1.95. The Labute approximate surface area is 243 Å². The summed E-state index contributed by atoms with van der Waals surface area (Å²) in [5.41, 5.74) is 12.4. The molecule has 0 fully saturated rings. The number of nitrogens with zero attached hydrogens (tertiary/aromatic N) is 1. The van der Waals surface area contributed by atoms with E-state index < -0.39 is 0 Å². The van der Waals surface area contributed by atoms with Crippen molar-refractivity contribution < 1.29 is 4.57 Å². The largest absolute Gasteiger partial charge is 0.214 e. The molecule has 42 heavy (non-hydrogen) atoms. The van der Waals surface area contributed by atoms with E-state index in [0.717, 1.165) is 12.8 Å². The van der Waals surface area contributed by atoms with Gasteiger partial charge in [-0.15, -0.1) is 0 Å². The van der Waals surface area contributed by atoms with Crippen molar-refractivity contribution in [3.05, 3.63) is 156 Å². The lowest BCUT2D eigenvalue weighted by Crippen LogP contribution is -2.36. The lowest BCUT2D eigenvalue weighted by Gasteiger charge is -2.16.